The Hall–Kier alpha value is -0.870. The third-order valence-electron chi connectivity index (χ3n) is 2.82. The molecule has 94 valence electrons. The van der Waals surface area contributed by atoms with Gasteiger partial charge in [-0.25, -0.2) is 0 Å². The highest BCUT2D eigenvalue weighted by Crippen LogP contribution is 2.34. The summed E-state index contributed by atoms with van der Waals surface area (Å²) in [6.07, 6.45) is 1.31. The number of nitrogens with one attached hydrogen (secondary N) is 1. The average molecular weight is 253 g/mol. The van der Waals surface area contributed by atoms with Crippen LogP contribution in [-0.4, -0.2) is 38.3 Å². The Balaban J connectivity index is 2.16. The molecular formula is C13H19NO2S. The third-order valence-corrected chi connectivity index (χ3v) is 4.03. The lowest BCUT2D eigenvalue weighted by Gasteiger charge is -2.28. The summed E-state index contributed by atoms with van der Waals surface area (Å²) >= 11 is 1.92. The van der Waals surface area contributed by atoms with E-state index in [-0.39, 0.29) is 0 Å². The number of likely N-dealkylation sites (N-methyl/N-ethyl adjacent to an activating group) is 1. The zero-order chi connectivity index (χ0) is 12.1. The Morgan fingerprint density at radius 1 is 1.41 bits per heavy atom. The molecule has 1 aliphatic rings. The molecule has 0 bridgehead atoms. The smallest absolute Gasteiger partial charge is 0.164 e. The molecule has 0 aliphatic carbocycles. The minimum absolute atomic E-state index is 0.352. The number of benzene rings is 1. The lowest BCUT2D eigenvalue weighted by atomic mass is 10.1. The van der Waals surface area contributed by atoms with Crippen molar-refractivity contribution < 1.29 is 9.47 Å². The van der Waals surface area contributed by atoms with Crippen molar-refractivity contribution in [2.75, 3.05) is 32.2 Å². The molecule has 0 amide bonds. The van der Waals surface area contributed by atoms with E-state index in [0.717, 1.165) is 36.0 Å². The molecule has 1 aliphatic heterocycles. The quantitative estimate of drug-likeness (QED) is 0.839. The van der Waals surface area contributed by atoms with E-state index >= 15 is 0 Å². The maximum atomic E-state index is 6.03. The van der Waals surface area contributed by atoms with Crippen molar-refractivity contribution in [1.29, 1.82) is 0 Å². The molecule has 0 aromatic heterocycles. The van der Waals surface area contributed by atoms with Crippen LogP contribution in [0.25, 0.3) is 0 Å². The van der Waals surface area contributed by atoms with Gasteiger partial charge in [-0.1, -0.05) is 12.1 Å². The maximum Gasteiger partial charge on any atom is 0.164 e. The van der Waals surface area contributed by atoms with Crippen molar-refractivity contribution in [3.63, 3.8) is 0 Å². The van der Waals surface area contributed by atoms with Gasteiger partial charge in [0.2, 0.25) is 0 Å². The zero-order valence-electron chi connectivity index (χ0n) is 10.4. The van der Waals surface area contributed by atoms with Crippen molar-refractivity contribution in [2.45, 2.75) is 12.5 Å². The van der Waals surface area contributed by atoms with Gasteiger partial charge in [0.05, 0.1) is 7.11 Å². The molecule has 0 saturated carbocycles. The van der Waals surface area contributed by atoms with E-state index in [0.29, 0.717) is 6.10 Å². The molecule has 0 unspecified atom stereocenters. The van der Waals surface area contributed by atoms with Crippen LogP contribution in [0.1, 0.15) is 5.56 Å². The van der Waals surface area contributed by atoms with Crippen LogP contribution >= 0.6 is 11.8 Å². The van der Waals surface area contributed by atoms with Gasteiger partial charge in [-0.05, 0) is 31.6 Å². The number of para-hydroxylation sites is 1. The first kappa shape index (κ1) is 12.6. The topological polar surface area (TPSA) is 30.5 Å². The van der Waals surface area contributed by atoms with Crippen LogP contribution < -0.4 is 14.8 Å². The molecule has 1 heterocycles. The van der Waals surface area contributed by atoms with Gasteiger partial charge < -0.3 is 14.8 Å². The van der Waals surface area contributed by atoms with Gasteiger partial charge >= 0.3 is 0 Å². The molecule has 17 heavy (non-hydrogen) atoms. The van der Waals surface area contributed by atoms with Gasteiger partial charge in [-0.2, -0.15) is 11.8 Å². The number of thioether (sulfide) groups is 1. The Kier molecular flexibility index (Phi) is 4.57. The molecule has 2 rings (SSSR count). The Bertz CT molecular complexity index is 366. The van der Waals surface area contributed by atoms with Gasteiger partial charge in [0.25, 0.3) is 0 Å². The Morgan fingerprint density at radius 2 is 2.24 bits per heavy atom. The first-order valence-corrected chi connectivity index (χ1v) is 7.05. The second-order valence-electron chi connectivity index (χ2n) is 4.08. The summed E-state index contributed by atoms with van der Waals surface area (Å²) < 4.78 is 11.4. The fourth-order valence-corrected chi connectivity index (χ4v) is 2.33. The summed E-state index contributed by atoms with van der Waals surface area (Å²) in [4.78, 5) is 0. The molecule has 1 aromatic rings. The number of rotatable bonds is 6. The van der Waals surface area contributed by atoms with Crippen LogP contribution in [0.2, 0.25) is 0 Å². The number of hydrogen-bond acceptors (Lipinski definition) is 4. The van der Waals surface area contributed by atoms with E-state index in [1.807, 2.05) is 30.9 Å². The van der Waals surface area contributed by atoms with Crippen molar-refractivity contribution in [3.8, 4) is 11.5 Å². The van der Waals surface area contributed by atoms with Crippen molar-refractivity contribution in [1.82, 2.24) is 5.32 Å². The van der Waals surface area contributed by atoms with E-state index in [1.54, 1.807) is 7.11 Å². The molecule has 1 saturated heterocycles. The van der Waals surface area contributed by atoms with E-state index in [2.05, 4.69) is 11.4 Å². The number of hydrogen-bond donors (Lipinski definition) is 1. The van der Waals surface area contributed by atoms with Gasteiger partial charge in [0.15, 0.2) is 11.5 Å². The van der Waals surface area contributed by atoms with Crippen molar-refractivity contribution >= 4 is 11.8 Å². The molecule has 1 N–H and O–H groups in total. The highest BCUT2D eigenvalue weighted by atomic mass is 32.2. The van der Waals surface area contributed by atoms with Crippen LogP contribution in [0.5, 0.6) is 11.5 Å². The highest BCUT2D eigenvalue weighted by molar-refractivity contribution is 8.00. The van der Waals surface area contributed by atoms with Crippen molar-refractivity contribution in [3.05, 3.63) is 23.8 Å². The molecule has 0 radical (unpaired) electrons. The Morgan fingerprint density at radius 3 is 2.82 bits per heavy atom. The second-order valence-corrected chi connectivity index (χ2v) is 5.15. The van der Waals surface area contributed by atoms with Crippen LogP contribution in [-0.2, 0) is 6.42 Å². The summed E-state index contributed by atoms with van der Waals surface area (Å²) in [5.74, 6) is 3.94. The first-order valence-electron chi connectivity index (χ1n) is 5.90. The normalized spacial score (nSPS) is 15.4. The summed E-state index contributed by atoms with van der Waals surface area (Å²) in [6, 6.07) is 6.09. The Labute approximate surface area is 107 Å². The van der Waals surface area contributed by atoms with Gasteiger partial charge in [-0.15, -0.1) is 0 Å². The van der Waals surface area contributed by atoms with Gasteiger partial charge in [0, 0.05) is 11.5 Å². The van der Waals surface area contributed by atoms with Crippen LogP contribution in [0, 0.1) is 0 Å². The highest BCUT2D eigenvalue weighted by Gasteiger charge is 2.22. The predicted molar refractivity (Wildman–Crippen MR) is 72.4 cm³/mol. The lowest BCUT2D eigenvalue weighted by Crippen LogP contribution is -2.31. The number of ether oxygens (including phenoxy) is 2. The fourth-order valence-electron chi connectivity index (χ4n) is 1.76. The third kappa shape index (κ3) is 3.07. The molecule has 3 nitrogen and oxygen atoms in total. The molecular weight excluding hydrogens is 234 g/mol. The minimum Gasteiger partial charge on any atom is -0.493 e. The van der Waals surface area contributed by atoms with E-state index in [4.69, 9.17) is 9.47 Å². The van der Waals surface area contributed by atoms with Crippen molar-refractivity contribution in [2.24, 2.45) is 0 Å². The first-order chi connectivity index (χ1) is 8.35. The molecule has 1 fully saturated rings. The maximum absolute atomic E-state index is 6.03. The van der Waals surface area contributed by atoms with E-state index in [9.17, 15) is 0 Å². The average Bonchev–Trinajstić information content (AvgIpc) is 2.31. The van der Waals surface area contributed by atoms with Crippen LogP contribution in [0.3, 0.4) is 0 Å². The summed E-state index contributed by atoms with van der Waals surface area (Å²) in [7, 11) is 3.66. The number of methoxy groups -OCH3 is 1. The fraction of sp³-hybridized carbons (Fsp3) is 0.538. The second kappa shape index (κ2) is 6.17. The van der Waals surface area contributed by atoms with Gasteiger partial charge in [0.1, 0.15) is 6.10 Å². The zero-order valence-corrected chi connectivity index (χ0v) is 11.2. The minimum atomic E-state index is 0.352. The lowest BCUT2D eigenvalue weighted by molar-refractivity contribution is 0.226. The summed E-state index contributed by atoms with van der Waals surface area (Å²) in [6.45, 7) is 0.947. The van der Waals surface area contributed by atoms with E-state index < -0.39 is 0 Å². The van der Waals surface area contributed by atoms with Crippen LogP contribution in [0.15, 0.2) is 18.2 Å². The molecule has 0 atom stereocenters. The summed E-state index contributed by atoms with van der Waals surface area (Å²) in [5.41, 5.74) is 1.22. The molecule has 1 aromatic carbocycles. The SMILES string of the molecule is CNCCc1cccc(OC)c1OC1CSC1. The monoisotopic (exact) mass is 253 g/mol. The predicted octanol–water partition coefficient (Wildman–Crippen LogP) is 1.95. The molecule has 4 heteroatoms. The standard InChI is InChI=1S/C13H19NO2S/c1-14-7-6-10-4-3-5-12(15-2)13(10)16-11-8-17-9-11/h3-5,11,14H,6-9H2,1-2H3. The van der Waals surface area contributed by atoms with Crippen LogP contribution in [0.4, 0.5) is 0 Å². The molecule has 0 spiro atoms. The van der Waals surface area contributed by atoms with Gasteiger partial charge in [-0.3, -0.25) is 0 Å². The van der Waals surface area contributed by atoms with E-state index in [1.165, 1.54) is 5.56 Å². The summed E-state index contributed by atoms with van der Waals surface area (Å²) in [5, 5.41) is 3.16. The largest absolute Gasteiger partial charge is 0.493 e.